The standard InChI is InChI=1S/C26H25NO5S/c1-3-31-26(28)25-18(2)23-17-22(12-13-24(23)32-25)33(29,30)27-15-14-19-8-7-11-21(16-19)20-9-5-4-6-10-20/h4-13,16-17,27H,3,14-15H2,1-2H3. The van der Waals surface area contributed by atoms with Crippen LogP contribution in [-0.4, -0.2) is 27.5 Å². The van der Waals surface area contributed by atoms with E-state index in [1.54, 1.807) is 19.9 Å². The SMILES string of the molecule is CCOC(=O)c1oc2ccc(S(=O)(=O)NCCc3cccc(-c4ccccc4)c3)cc2c1C. The van der Waals surface area contributed by atoms with Crippen molar-refractivity contribution >= 4 is 27.0 Å². The average Bonchev–Trinajstić information content (AvgIpc) is 3.16. The smallest absolute Gasteiger partial charge is 0.374 e. The summed E-state index contributed by atoms with van der Waals surface area (Å²) in [5, 5.41) is 0.566. The fourth-order valence-electron chi connectivity index (χ4n) is 3.71. The first-order valence-corrected chi connectivity index (χ1v) is 12.2. The van der Waals surface area contributed by atoms with Crippen molar-refractivity contribution in [2.24, 2.45) is 0 Å². The molecule has 3 aromatic carbocycles. The lowest BCUT2D eigenvalue weighted by Crippen LogP contribution is -2.26. The summed E-state index contributed by atoms with van der Waals surface area (Å²) in [6.45, 7) is 3.91. The van der Waals surface area contributed by atoms with Gasteiger partial charge in [0.2, 0.25) is 15.8 Å². The first-order chi connectivity index (χ1) is 15.9. The van der Waals surface area contributed by atoms with Gasteiger partial charge in [0.1, 0.15) is 5.58 Å². The minimum atomic E-state index is -3.73. The molecule has 4 rings (SSSR count). The van der Waals surface area contributed by atoms with E-state index in [-0.39, 0.29) is 23.8 Å². The third kappa shape index (κ3) is 4.99. The van der Waals surface area contributed by atoms with E-state index in [9.17, 15) is 13.2 Å². The van der Waals surface area contributed by atoms with Gasteiger partial charge in [-0.1, -0.05) is 54.6 Å². The highest BCUT2D eigenvalue weighted by molar-refractivity contribution is 7.89. The molecule has 170 valence electrons. The molecule has 0 saturated carbocycles. The Balaban J connectivity index is 1.48. The Kier molecular flexibility index (Phi) is 6.62. The molecule has 0 aliphatic heterocycles. The number of rotatable bonds is 8. The number of aryl methyl sites for hydroxylation is 1. The molecule has 1 heterocycles. The lowest BCUT2D eigenvalue weighted by Gasteiger charge is -2.08. The molecule has 0 aliphatic carbocycles. The van der Waals surface area contributed by atoms with Gasteiger partial charge in [-0.05, 0) is 55.2 Å². The first kappa shape index (κ1) is 22.8. The van der Waals surface area contributed by atoms with Gasteiger partial charge < -0.3 is 9.15 Å². The monoisotopic (exact) mass is 463 g/mol. The molecule has 1 N–H and O–H groups in total. The van der Waals surface area contributed by atoms with Crippen molar-refractivity contribution in [1.29, 1.82) is 0 Å². The molecule has 0 amide bonds. The van der Waals surface area contributed by atoms with Crippen LogP contribution < -0.4 is 4.72 Å². The number of esters is 1. The molecule has 1 aromatic heterocycles. The molecule has 0 fully saturated rings. The Labute approximate surface area is 193 Å². The van der Waals surface area contributed by atoms with E-state index in [1.165, 1.54) is 12.1 Å². The van der Waals surface area contributed by atoms with E-state index in [1.807, 2.05) is 48.5 Å². The summed E-state index contributed by atoms with van der Waals surface area (Å²) in [5.41, 5.74) is 4.24. The molecule has 0 unspecified atom stereocenters. The zero-order valence-corrected chi connectivity index (χ0v) is 19.3. The van der Waals surface area contributed by atoms with Crippen LogP contribution in [0, 0.1) is 6.92 Å². The van der Waals surface area contributed by atoms with Crippen LogP contribution in [0.2, 0.25) is 0 Å². The molecule has 6 nitrogen and oxygen atoms in total. The molecule has 0 spiro atoms. The van der Waals surface area contributed by atoms with E-state index >= 15 is 0 Å². The van der Waals surface area contributed by atoms with Crippen LogP contribution >= 0.6 is 0 Å². The Hall–Kier alpha value is -3.42. The number of carbonyl (C=O) groups is 1. The van der Waals surface area contributed by atoms with Crippen molar-refractivity contribution < 1.29 is 22.4 Å². The van der Waals surface area contributed by atoms with Crippen molar-refractivity contribution in [1.82, 2.24) is 4.72 Å². The quantitative estimate of drug-likeness (QED) is 0.367. The van der Waals surface area contributed by atoms with E-state index < -0.39 is 16.0 Å². The summed E-state index contributed by atoms with van der Waals surface area (Å²) in [5.74, 6) is -0.473. The fraction of sp³-hybridized carbons (Fsp3) is 0.192. The van der Waals surface area contributed by atoms with Crippen molar-refractivity contribution in [3.8, 4) is 11.1 Å². The molecule has 7 heteroatoms. The Bertz CT molecular complexity index is 1390. The number of hydrogen-bond acceptors (Lipinski definition) is 5. The van der Waals surface area contributed by atoms with E-state index in [4.69, 9.17) is 9.15 Å². The van der Waals surface area contributed by atoms with Gasteiger partial charge in [0, 0.05) is 17.5 Å². The second-order valence-corrected chi connectivity index (χ2v) is 9.42. The van der Waals surface area contributed by atoms with Gasteiger partial charge in [-0.2, -0.15) is 0 Å². The van der Waals surface area contributed by atoms with Crippen LogP contribution in [0.15, 0.2) is 82.1 Å². The zero-order chi connectivity index (χ0) is 23.4. The average molecular weight is 464 g/mol. The summed E-state index contributed by atoms with van der Waals surface area (Å²) in [7, 11) is -3.73. The Morgan fingerprint density at radius 1 is 0.970 bits per heavy atom. The van der Waals surface area contributed by atoms with Gasteiger partial charge in [0.25, 0.3) is 0 Å². The largest absolute Gasteiger partial charge is 0.460 e. The number of hydrogen-bond donors (Lipinski definition) is 1. The summed E-state index contributed by atoms with van der Waals surface area (Å²) in [6, 6.07) is 22.7. The maximum absolute atomic E-state index is 12.9. The third-order valence-electron chi connectivity index (χ3n) is 5.42. The third-order valence-corrected chi connectivity index (χ3v) is 6.88. The summed E-state index contributed by atoms with van der Waals surface area (Å²) < 4.78 is 39.0. The highest BCUT2D eigenvalue weighted by Crippen LogP contribution is 2.28. The maximum Gasteiger partial charge on any atom is 0.374 e. The van der Waals surface area contributed by atoms with Crippen LogP contribution in [0.4, 0.5) is 0 Å². The number of benzene rings is 3. The van der Waals surface area contributed by atoms with Crippen LogP contribution in [0.1, 0.15) is 28.6 Å². The van der Waals surface area contributed by atoms with Crippen molar-refractivity contribution in [3.63, 3.8) is 0 Å². The zero-order valence-electron chi connectivity index (χ0n) is 18.5. The lowest BCUT2D eigenvalue weighted by atomic mass is 10.0. The van der Waals surface area contributed by atoms with Crippen molar-refractivity contribution in [2.45, 2.75) is 25.2 Å². The maximum atomic E-state index is 12.9. The number of ether oxygens (including phenoxy) is 1. The number of carbonyl (C=O) groups excluding carboxylic acids is 1. The van der Waals surface area contributed by atoms with E-state index in [0.29, 0.717) is 23.0 Å². The Morgan fingerprint density at radius 2 is 1.73 bits per heavy atom. The number of furan rings is 1. The Morgan fingerprint density at radius 3 is 2.48 bits per heavy atom. The topological polar surface area (TPSA) is 85.6 Å². The van der Waals surface area contributed by atoms with E-state index in [2.05, 4.69) is 10.8 Å². The molecule has 0 saturated heterocycles. The fourth-order valence-corrected chi connectivity index (χ4v) is 4.77. The second-order valence-electron chi connectivity index (χ2n) is 7.65. The highest BCUT2D eigenvalue weighted by atomic mass is 32.2. The lowest BCUT2D eigenvalue weighted by molar-refractivity contribution is 0.0491. The van der Waals surface area contributed by atoms with Crippen LogP contribution in [0.25, 0.3) is 22.1 Å². The molecular weight excluding hydrogens is 438 g/mol. The van der Waals surface area contributed by atoms with Crippen LogP contribution in [-0.2, 0) is 21.2 Å². The molecule has 0 atom stereocenters. The van der Waals surface area contributed by atoms with Gasteiger partial charge >= 0.3 is 5.97 Å². The van der Waals surface area contributed by atoms with Gasteiger partial charge in [0.05, 0.1) is 11.5 Å². The first-order valence-electron chi connectivity index (χ1n) is 10.7. The van der Waals surface area contributed by atoms with Crippen molar-refractivity contribution in [2.75, 3.05) is 13.2 Å². The molecule has 0 radical (unpaired) electrons. The molecule has 4 aromatic rings. The normalized spacial score (nSPS) is 11.6. The van der Waals surface area contributed by atoms with Gasteiger partial charge in [0.15, 0.2) is 0 Å². The number of fused-ring (bicyclic) bond motifs is 1. The molecule has 33 heavy (non-hydrogen) atoms. The molecular formula is C26H25NO5S. The molecule has 0 bridgehead atoms. The minimum absolute atomic E-state index is 0.0904. The van der Waals surface area contributed by atoms with Gasteiger partial charge in [-0.15, -0.1) is 0 Å². The molecule has 0 aliphatic rings. The predicted octanol–water partition coefficient (Wildman–Crippen LogP) is 5.11. The van der Waals surface area contributed by atoms with Crippen LogP contribution in [0.5, 0.6) is 0 Å². The van der Waals surface area contributed by atoms with Crippen molar-refractivity contribution in [3.05, 3.63) is 89.7 Å². The van der Waals surface area contributed by atoms with Gasteiger partial charge in [-0.25, -0.2) is 17.9 Å². The van der Waals surface area contributed by atoms with E-state index in [0.717, 1.165) is 16.7 Å². The highest BCUT2D eigenvalue weighted by Gasteiger charge is 2.21. The van der Waals surface area contributed by atoms with Crippen LogP contribution in [0.3, 0.4) is 0 Å². The summed E-state index contributed by atoms with van der Waals surface area (Å²) in [4.78, 5) is 12.2. The minimum Gasteiger partial charge on any atom is -0.460 e. The second kappa shape index (κ2) is 9.60. The number of sulfonamides is 1. The van der Waals surface area contributed by atoms with Gasteiger partial charge in [-0.3, -0.25) is 0 Å². The predicted molar refractivity (Wildman–Crippen MR) is 128 cm³/mol. The summed E-state index contributed by atoms with van der Waals surface area (Å²) in [6.07, 6.45) is 0.555. The number of nitrogens with one attached hydrogen (secondary N) is 1. The summed E-state index contributed by atoms with van der Waals surface area (Å²) >= 11 is 0.